The van der Waals surface area contributed by atoms with Gasteiger partial charge in [0.05, 0.1) is 12.7 Å². The monoisotopic (exact) mass is 376 g/mol. The number of hydrogen-bond donors (Lipinski definition) is 0. The number of hydrogen-bond acceptors (Lipinski definition) is 4. The molecule has 0 amide bonds. The van der Waals surface area contributed by atoms with Crippen molar-refractivity contribution in [3.8, 4) is 17.2 Å². The minimum Gasteiger partial charge on any atom is -0.497 e. The Morgan fingerprint density at radius 1 is 1.00 bits per heavy atom. The Kier molecular flexibility index (Phi) is 4.81. The summed E-state index contributed by atoms with van der Waals surface area (Å²) in [5, 5.41) is 0. The molecule has 0 aromatic heterocycles. The maximum Gasteiger partial charge on any atom is 0.231 e. The number of rotatable bonds is 5. The number of benzene rings is 3. The normalized spacial score (nSPS) is 13.9. The molecule has 5 heteroatoms. The zero-order chi connectivity index (χ0) is 19.5. The summed E-state index contributed by atoms with van der Waals surface area (Å²) in [4.78, 5) is 12.5. The molecule has 0 bridgehead atoms. The maximum atomic E-state index is 13.8. The first-order valence-electron chi connectivity index (χ1n) is 8.72. The highest BCUT2D eigenvalue weighted by Gasteiger charge is 2.28. The van der Waals surface area contributed by atoms with Gasteiger partial charge in [0.25, 0.3) is 0 Å². The Hall–Kier alpha value is -3.60. The zero-order valence-corrected chi connectivity index (χ0v) is 15.1. The number of ether oxygens (including phenoxy) is 3. The van der Waals surface area contributed by atoms with E-state index in [1.807, 2.05) is 24.3 Å². The van der Waals surface area contributed by atoms with E-state index in [0.29, 0.717) is 29.2 Å². The Balaban J connectivity index is 1.49. The second-order valence-electron chi connectivity index (χ2n) is 6.26. The fourth-order valence-electron chi connectivity index (χ4n) is 2.88. The van der Waals surface area contributed by atoms with Gasteiger partial charge >= 0.3 is 0 Å². The first-order valence-corrected chi connectivity index (χ1v) is 8.72. The second-order valence-corrected chi connectivity index (χ2v) is 6.26. The molecule has 1 aliphatic rings. The average molecular weight is 376 g/mol. The Morgan fingerprint density at radius 3 is 2.50 bits per heavy atom. The number of halogens is 1. The zero-order valence-electron chi connectivity index (χ0n) is 15.1. The van der Waals surface area contributed by atoms with Crippen molar-refractivity contribution in [2.24, 2.45) is 0 Å². The largest absolute Gasteiger partial charge is 0.497 e. The first-order chi connectivity index (χ1) is 13.6. The van der Waals surface area contributed by atoms with E-state index in [4.69, 9.17) is 14.2 Å². The van der Waals surface area contributed by atoms with Crippen molar-refractivity contribution in [1.82, 2.24) is 0 Å². The van der Waals surface area contributed by atoms with Crippen molar-refractivity contribution in [3.05, 3.63) is 95.0 Å². The Morgan fingerprint density at radius 2 is 1.75 bits per heavy atom. The topological polar surface area (TPSA) is 44.8 Å². The van der Waals surface area contributed by atoms with Gasteiger partial charge in [-0.15, -0.1) is 0 Å². The third-order valence-electron chi connectivity index (χ3n) is 4.40. The van der Waals surface area contributed by atoms with Crippen LogP contribution in [0, 0.1) is 5.82 Å². The molecule has 1 aliphatic heterocycles. The minimum atomic E-state index is -0.411. The molecule has 0 unspecified atom stereocenters. The molecule has 140 valence electrons. The van der Waals surface area contributed by atoms with Gasteiger partial charge in [-0.2, -0.15) is 0 Å². The van der Waals surface area contributed by atoms with Crippen LogP contribution in [0.15, 0.2) is 72.5 Å². The number of allylic oxidation sites excluding steroid dienone is 1. The van der Waals surface area contributed by atoms with Crippen LogP contribution in [-0.2, 0) is 6.61 Å². The van der Waals surface area contributed by atoms with E-state index in [1.165, 1.54) is 12.1 Å². The molecule has 0 fully saturated rings. The summed E-state index contributed by atoms with van der Waals surface area (Å²) >= 11 is 0. The van der Waals surface area contributed by atoms with Gasteiger partial charge in [0.15, 0.2) is 5.76 Å². The summed E-state index contributed by atoms with van der Waals surface area (Å²) < 4.78 is 30.4. The smallest absolute Gasteiger partial charge is 0.231 e. The lowest BCUT2D eigenvalue weighted by Gasteiger charge is -2.08. The lowest BCUT2D eigenvalue weighted by molar-refractivity contribution is 0.101. The fourth-order valence-corrected chi connectivity index (χ4v) is 2.88. The molecular formula is C23H17FO4. The summed E-state index contributed by atoms with van der Waals surface area (Å²) in [5.74, 6) is 1.16. The minimum absolute atomic E-state index is 0.0902. The van der Waals surface area contributed by atoms with Crippen molar-refractivity contribution in [2.75, 3.05) is 7.11 Å². The molecule has 3 aromatic carbocycles. The van der Waals surface area contributed by atoms with Gasteiger partial charge in [0, 0.05) is 11.6 Å². The SMILES string of the molecule is COc1ccc(COc2ccc3c(c2)OC(=Cc2ccccc2F)C3=O)cc1. The quantitative estimate of drug-likeness (QED) is 0.586. The maximum absolute atomic E-state index is 13.8. The predicted octanol–water partition coefficient (Wildman–Crippen LogP) is 5.03. The highest BCUT2D eigenvalue weighted by Crippen LogP contribution is 2.35. The van der Waals surface area contributed by atoms with Crippen LogP contribution in [-0.4, -0.2) is 12.9 Å². The van der Waals surface area contributed by atoms with Crippen molar-refractivity contribution in [1.29, 1.82) is 0 Å². The molecule has 28 heavy (non-hydrogen) atoms. The van der Waals surface area contributed by atoms with Crippen LogP contribution in [0.5, 0.6) is 17.2 Å². The van der Waals surface area contributed by atoms with Crippen LogP contribution in [0.2, 0.25) is 0 Å². The van der Waals surface area contributed by atoms with Gasteiger partial charge in [-0.1, -0.05) is 30.3 Å². The van der Waals surface area contributed by atoms with Gasteiger partial charge in [0.2, 0.25) is 5.78 Å². The molecule has 1 heterocycles. The molecule has 0 saturated carbocycles. The first kappa shape index (κ1) is 17.8. The van der Waals surface area contributed by atoms with Crippen molar-refractivity contribution < 1.29 is 23.4 Å². The van der Waals surface area contributed by atoms with Gasteiger partial charge in [-0.25, -0.2) is 4.39 Å². The number of carbonyl (C=O) groups is 1. The van der Waals surface area contributed by atoms with E-state index in [9.17, 15) is 9.18 Å². The highest BCUT2D eigenvalue weighted by atomic mass is 19.1. The Bertz CT molecular complexity index is 1050. The Labute approximate surface area is 161 Å². The summed E-state index contributed by atoms with van der Waals surface area (Å²) in [6, 6.07) is 18.8. The van der Waals surface area contributed by atoms with Crippen molar-refractivity contribution >= 4 is 11.9 Å². The van der Waals surface area contributed by atoms with Crippen LogP contribution in [0.1, 0.15) is 21.5 Å². The van der Waals surface area contributed by atoms with Crippen LogP contribution in [0.4, 0.5) is 4.39 Å². The second kappa shape index (κ2) is 7.56. The fraction of sp³-hybridized carbons (Fsp3) is 0.0870. The molecule has 0 atom stereocenters. The third kappa shape index (κ3) is 3.60. The van der Waals surface area contributed by atoms with E-state index in [-0.39, 0.29) is 11.5 Å². The number of Topliss-reactive ketones (excluding diaryl/α,β-unsaturated/α-hetero) is 1. The lowest BCUT2D eigenvalue weighted by atomic mass is 10.1. The number of methoxy groups -OCH3 is 1. The van der Waals surface area contributed by atoms with E-state index < -0.39 is 5.82 Å². The lowest BCUT2D eigenvalue weighted by Crippen LogP contribution is -1.98. The molecule has 0 saturated heterocycles. The molecule has 4 nitrogen and oxygen atoms in total. The van der Waals surface area contributed by atoms with Gasteiger partial charge in [-0.05, 0) is 42.0 Å². The summed E-state index contributed by atoms with van der Waals surface area (Å²) in [6.07, 6.45) is 1.41. The van der Waals surface area contributed by atoms with E-state index in [1.54, 1.807) is 43.5 Å². The molecule has 0 spiro atoms. The molecule has 4 rings (SSSR count). The predicted molar refractivity (Wildman–Crippen MR) is 103 cm³/mol. The number of ketones is 1. The van der Waals surface area contributed by atoms with Crippen molar-refractivity contribution in [2.45, 2.75) is 6.61 Å². The van der Waals surface area contributed by atoms with Crippen molar-refractivity contribution in [3.63, 3.8) is 0 Å². The summed E-state index contributed by atoms with van der Waals surface area (Å²) in [7, 11) is 1.62. The standard InChI is InChI=1S/C23H17FO4/c1-26-17-8-6-15(7-9-17)14-27-18-10-11-19-21(13-18)28-22(23(19)25)12-16-4-2-3-5-20(16)24/h2-13H,14H2,1H3. The van der Waals surface area contributed by atoms with Crippen LogP contribution in [0.25, 0.3) is 6.08 Å². The highest BCUT2D eigenvalue weighted by molar-refractivity contribution is 6.14. The number of fused-ring (bicyclic) bond motifs is 1. The van der Waals surface area contributed by atoms with Gasteiger partial charge in [-0.3, -0.25) is 4.79 Å². The van der Waals surface area contributed by atoms with Gasteiger partial charge < -0.3 is 14.2 Å². The van der Waals surface area contributed by atoms with E-state index in [0.717, 1.165) is 11.3 Å². The molecule has 0 aliphatic carbocycles. The number of carbonyl (C=O) groups excluding carboxylic acids is 1. The van der Waals surface area contributed by atoms with E-state index in [2.05, 4.69) is 0 Å². The summed E-state index contributed by atoms with van der Waals surface area (Å²) in [5.41, 5.74) is 1.72. The molecule has 3 aromatic rings. The van der Waals surface area contributed by atoms with Gasteiger partial charge in [0.1, 0.15) is 29.7 Å². The summed E-state index contributed by atoms with van der Waals surface area (Å²) in [6.45, 7) is 0.370. The van der Waals surface area contributed by atoms with E-state index >= 15 is 0 Å². The average Bonchev–Trinajstić information content (AvgIpc) is 3.03. The third-order valence-corrected chi connectivity index (χ3v) is 4.40. The van der Waals surface area contributed by atoms with Crippen LogP contribution < -0.4 is 14.2 Å². The molecule has 0 radical (unpaired) electrons. The van der Waals surface area contributed by atoms with Crippen LogP contribution in [0.3, 0.4) is 0 Å². The molecular weight excluding hydrogens is 359 g/mol. The van der Waals surface area contributed by atoms with Crippen LogP contribution >= 0.6 is 0 Å². The molecule has 0 N–H and O–H groups in total.